The second-order valence-electron chi connectivity index (χ2n) is 10.6. The van der Waals surface area contributed by atoms with Crippen molar-refractivity contribution in [1.29, 1.82) is 0 Å². The zero-order valence-corrected chi connectivity index (χ0v) is 28.4. The third-order valence-electron chi connectivity index (χ3n) is 8.06. The van der Waals surface area contributed by atoms with Crippen LogP contribution in [0.5, 0.6) is 23.0 Å². The van der Waals surface area contributed by atoms with Gasteiger partial charge in [-0.1, -0.05) is 146 Å². The van der Waals surface area contributed by atoms with E-state index < -0.39 is 0 Å². The molecule has 0 aliphatic carbocycles. The van der Waals surface area contributed by atoms with Gasteiger partial charge in [-0.15, -0.1) is 23.0 Å². The van der Waals surface area contributed by atoms with Crippen molar-refractivity contribution in [2.45, 2.75) is 0 Å². The van der Waals surface area contributed by atoms with Crippen LogP contribution in [0.25, 0.3) is 65.3 Å². The SMILES string of the molecule is [O-2].[O-2].[O-]c1ccc2ccccc2c1-c1c([O-])ccc2ccccc12.[O-]c1ccc2ccccc2c1-c1c([O-])ccc2ccccc12.[Ti+4].[Ti+4]. The zero-order chi connectivity index (χ0) is 30.2. The molecule has 48 heavy (non-hydrogen) atoms. The van der Waals surface area contributed by atoms with Gasteiger partial charge >= 0.3 is 43.4 Å². The summed E-state index contributed by atoms with van der Waals surface area (Å²) in [6.45, 7) is 0. The minimum Gasteiger partial charge on any atom is -2.00 e. The average molecular weight is 696 g/mol. The van der Waals surface area contributed by atoms with Gasteiger partial charge in [-0.2, -0.15) is 0 Å². The molecule has 0 aliphatic heterocycles. The molecule has 6 nitrogen and oxygen atoms in total. The summed E-state index contributed by atoms with van der Waals surface area (Å²) in [7, 11) is 0. The van der Waals surface area contributed by atoms with E-state index in [1.54, 1.807) is 48.5 Å². The van der Waals surface area contributed by atoms with Crippen LogP contribution in [-0.4, -0.2) is 0 Å². The molecule has 0 spiro atoms. The number of fused-ring (bicyclic) bond motifs is 4. The van der Waals surface area contributed by atoms with Gasteiger partial charge in [0, 0.05) is 0 Å². The predicted octanol–water partition coefficient (Wildman–Crippen LogP) is 7.37. The molecule has 0 aliphatic rings. The summed E-state index contributed by atoms with van der Waals surface area (Å²) < 4.78 is 0. The van der Waals surface area contributed by atoms with Crippen LogP contribution in [0, 0.1) is 0 Å². The van der Waals surface area contributed by atoms with Crippen molar-refractivity contribution in [3.05, 3.63) is 146 Å². The van der Waals surface area contributed by atoms with E-state index in [1.165, 1.54) is 0 Å². The molecule has 0 saturated carbocycles. The summed E-state index contributed by atoms with van der Waals surface area (Å²) in [5.74, 6) is -0.474. The van der Waals surface area contributed by atoms with E-state index in [0.717, 1.165) is 43.1 Å². The first kappa shape index (κ1) is 37.8. The molecule has 0 radical (unpaired) electrons. The molecular weight excluding hydrogens is 672 g/mol. The van der Waals surface area contributed by atoms with E-state index in [9.17, 15) is 20.4 Å². The van der Waals surface area contributed by atoms with Crippen LogP contribution in [0.15, 0.2) is 146 Å². The second-order valence-corrected chi connectivity index (χ2v) is 10.6. The third kappa shape index (κ3) is 6.82. The van der Waals surface area contributed by atoms with Crippen molar-refractivity contribution in [3.8, 4) is 45.3 Å². The number of hydrogen-bond donors (Lipinski definition) is 0. The zero-order valence-electron chi connectivity index (χ0n) is 25.3. The van der Waals surface area contributed by atoms with Crippen molar-refractivity contribution in [2.24, 2.45) is 0 Å². The molecule has 0 amide bonds. The van der Waals surface area contributed by atoms with Crippen molar-refractivity contribution < 1.29 is 74.8 Å². The van der Waals surface area contributed by atoms with Crippen molar-refractivity contribution in [1.82, 2.24) is 0 Å². The average Bonchev–Trinajstić information content (AvgIpc) is 3.06. The monoisotopic (exact) mass is 696 g/mol. The van der Waals surface area contributed by atoms with Crippen LogP contribution in [0.1, 0.15) is 0 Å². The van der Waals surface area contributed by atoms with Gasteiger partial charge < -0.3 is 31.4 Å². The number of hydrogen-bond acceptors (Lipinski definition) is 4. The van der Waals surface area contributed by atoms with Crippen LogP contribution < -0.4 is 20.4 Å². The summed E-state index contributed by atoms with van der Waals surface area (Å²) in [5, 5.41) is 57.1. The van der Waals surface area contributed by atoms with Gasteiger partial charge in [-0.05, 0) is 65.3 Å². The van der Waals surface area contributed by atoms with Crippen molar-refractivity contribution in [3.63, 3.8) is 0 Å². The molecule has 8 aromatic carbocycles. The molecule has 8 rings (SSSR count). The largest absolute Gasteiger partial charge is 4.00 e. The Hall–Kier alpha value is -4.65. The molecule has 228 valence electrons. The maximum Gasteiger partial charge on any atom is 4.00 e. The summed E-state index contributed by atoms with van der Waals surface area (Å²) in [6.07, 6.45) is 0. The first-order chi connectivity index (χ1) is 21.5. The fourth-order valence-corrected chi connectivity index (χ4v) is 6.04. The Morgan fingerprint density at radius 1 is 0.250 bits per heavy atom. The van der Waals surface area contributed by atoms with E-state index in [0.29, 0.717) is 22.3 Å². The van der Waals surface area contributed by atoms with Crippen molar-refractivity contribution >= 4 is 43.1 Å². The number of rotatable bonds is 2. The summed E-state index contributed by atoms with van der Waals surface area (Å²) in [5.41, 5.74) is 2.00. The predicted molar refractivity (Wildman–Crippen MR) is 173 cm³/mol. The van der Waals surface area contributed by atoms with E-state index in [-0.39, 0.29) is 77.4 Å². The molecule has 0 N–H and O–H groups in total. The second kappa shape index (κ2) is 16.0. The van der Waals surface area contributed by atoms with E-state index in [2.05, 4.69) is 0 Å². The van der Waals surface area contributed by atoms with Gasteiger partial charge in [-0.3, -0.25) is 0 Å². The van der Waals surface area contributed by atoms with Gasteiger partial charge in [0.05, 0.1) is 0 Å². The Bertz CT molecular complexity index is 2020. The standard InChI is InChI=1S/2C20H14O2.2O.2Ti/c2*21-17-11-9-13-5-1-3-7-15(13)19(17)20-16-8-4-2-6-14(16)10-12-18(20)22;;;;/h2*1-12,21-22H;;;;/q;;2*-2;2*+4/p-4. The molecule has 0 aromatic heterocycles. The van der Waals surface area contributed by atoms with E-state index >= 15 is 0 Å². The quantitative estimate of drug-likeness (QED) is 0.174. The molecule has 0 unspecified atom stereocenters. The summed E-state index contributed by atoms with van der Waals surface area (Å²) >= 11 is 0. The Morgan fingerprint density at radius 2 is 0.438 bits per heavy atom. The van der Waals surface area contributed by atoms with Crippen LogP contribution >= 0.6 is 0 Å². The van der Waals surface area contributed by atoms with Gasteiger partial charge in [-0.25, -0.2) is 0 Å². The Kier molecular flexibility index (Phi) is 12.6. The minimum atomic E-state index is -0.118. The van der Waals surface area contributed by atoms with Gasteiger partial charge in [0.2, 0.25) is 0 Å². The topological polar surface area (TPSA) is 149 Å². The molecule has 0 bridgehead atoms. The van der Waals surface area contributed by atoms with E-state index in [4.69, 9.17) is 0 Å². The first-order valence-electron chi connectivity index (χ1n) is 14.3. The van der Waals surface area contributed by atoms with Crippen LogP contribution in [0.2, 0.25) is 0 Å². The minimum absolute atomic E-state index is 0. The number of benzene rings is 8. The van der Waals surface area contributed by atoms with E-state index in [1.807, 2.05) is 97.1 Å². The Balaban J connectivity index is 0.000000240. The smallest absolute Gasteiger partial charge is 2.00 e. The Labute approximate surface area is 306 Å². The molecule has 0 fully saturated rings. The van der Waals surface area contributed by atoms with Gasteiger partial charge in [0.1, 0.15) is 0 Å². The molecule has 0 atom stereocenters. The van der Waals surface area contributed by atoms with Gasteiger partial charge in [0.15, 0.2) is 0 Å². The van der Waals surface area contributed by atoms with Crippen LogP contribution in [0.4, 0.5) is 0 Å². The molecule has 8 aromatic rings. The van der Waals surface area contributed by atoms with Crippen LogP contribution in [-0.2, 0) is 54.4 Å². The molecule has 8 heteroatoms. The summed E-state index contributed by atoms with van der Waals surface area (Å²) in [6, 6.07) is 44.0. The van der Waals surface area contributed by atoms with Gasteiger partial charge in [0.25, 0.3) is 0 Å². The normalized spacial score (nSPS) is 10.2. The van der Waals surface area contributed by atoms with Crippen LogP contribution in [0.3, 0.4) is 0 Å². The fourth-order valence-electron chi connectivity index (χ4n) is 6.04. The fraction of sp³-hybridized carbons (Fsp3) is 0. The first-order valence-corrected chi connectivity index (χ1v) is 14.3. The third-order valence-corrected chi connectivity index (χ3v) is 8.06. The maximum absolute atomic E-state index is 12.5. The van der Waals surface area contributed by atoms with Crippen molar-refractivity contribution in [2.75, 3.05) is 0 Å². The molecule has 0 heterocycles. The Morgan fingerprint density at radius 3 is 0.646 bits per heavy atom. The maximum atomic E-state index is 12.5. The summed E-state index contributed by atoms with van der Waals surface area (Å²) in [4.78, 5) is 0. The molecule has 0 saturated heterocycles. The molecular formula is C40H24O6Ti2.